The van der Waals surface area contributed by atoms with Gasteiger partial charge in [0.1, 0.15) is 4.60 Å². The molecule has 4 nitrogen and oxygen atoms in total. The first kappa shape index (κ1) is 10.7. The van der Waals surface area contributed by atoms with Crippen molar-refractivity contribution in [3.63, 3.8) is 0 Å². The molecule has 0 amide bonds. The molecule has 0 saturated carbocycles. The highest BCUT2D eigenvalue weighted by Gasteiger charge is 2.28. The molecule has 1 N–H and O–H groups in total. The van der Waals surface area contributed by atoms with Gasteiger partial charge in [0, 0.05) is 18.3 Å². The molecule has 0 bridgehead atoms. The average Bonchev–Trinajstić information content (AvgIpc) is 2.43. The number of hydrogen-bond donors (Lipinski definition) is 1. The zero-order valence-corrected chi connectivity index (χ0v) is 10.1. The summed E-state index contributed by atoms with van der Waals surface area (Å²) >= 11 is 3.41. The van der Waals surface area contributed by atoms with E-state index < -0.39 is 5.97 Å². The maximum atomic E-state index is 10.8. The van der Waals surface area contributed by atoms with Gasteiger partial charge in [-0.1, -0.05) is 0 Å². The summed E-state index contributed by atoms with van der Waals surface area (Å²) in [6.07, 6.45) is 3.21. The Kier molecular flexibility index (Phi) is 2.82. The van der Waals surface area contributed by atoms with Crippen LogP contribution >= 0.6 is 15.9 Å². The van der Waals surface area contributed by atoms with Crippen LogP contribution in [0.15, 0.2) is 4.60 Å². The highest BCUT2D eigenvalue weighted by molar-refractivity contribution is 9.10. The van der Waals surface area contributed by atoms with Crippen molar-refractivity contribution >= 4 is 21.9 Å². The number of aryl methyl sites for hydroxylation is 1. The smallest absolute Gasteiger partial charge is 0.303 e. The normalized spacial score (nSPS) is 20.0. The van der Waals surface area contributed by atoms with Crippen LogP contribution in [-0.4, -0.2) is 20.9 Å². The number of halogens is 1. The molecule has 0 fully saturated rings. The van der Waals surface area contributed by atoms with E-state index in [-0.39, 0.29) is 12.3 Å². The highest BCUT2D eigenvalue weighted by Crippen LogP contribution is 2.38. The van der Waals surface area contributed by atoms with E-state index in [4.69, 9.17) is 5.11 Å². The van der Waals surface area contributed by atoms with Gasteiger partial charge in [-0.05, 0) is 41.1 Å². The van der Waals surface area contributed by atoms with Crippen LogP contribution in [0.5, 0.6) is 0 Å². The van der Waals surface area contributed by atoms with Crippen LogP contribution in [0.1, 0.15) is 36.4 Å². The SMILES string of the molecule is Cn1nc(Br)c2c1CCCC2CC(=O)O. The number of aromatic nitrogens is 2. The van der Waals surface area contributed by atoms with E-state index >= 15 is 0 Å². The maximum Gasteiger partial charge on any atom is 0.303 e. The third-order valence-electron chi connectivity index (χ3n) is 2.96. The van der Waals surface area contributed by atoms with Crippen molar-refractivity contribution in [1.82, 2.24) is 9.78 Å². The number of carboxylic acid groups (broad SMARTS) is 1. The molecular formula is C10H13BrN2O2. The van der Waals surface area contributed by atoms with E-state index in [1.54, 1.807) is 0 Å². The van der Waals surface area contributed by atoms with Gasteiger partial charge in [-0.3, -0.25) is 9.48 Å². The molecule has 5 heteroatoms. The van der Waals surface area contributed by atoms with E-state index in [1.165, 1.54) is 5.69 Å². The predicted octanol–water partition coefficient (Wildman–Crippen LogP) is 2.08. The minimum absolute atomic E-state index is 0.120. The Hall–Kier alpha value is -0.840. The van der Waals surface area contributed by atoms with Crippen molar-refractivity contribution in [3.8, 4) is 0 Å². The molecule has 82 valence electrons. The van der Waals surface area contributed by atoms with Gasteiger partial charge >= 0.3 is 5.97 Å². The fourth-order valence-corrected chi connectivity index (χ4v) is 3.11. The van der Waals surface area contributed by atoms with Crippen molar-refractivity contribution in [2.45, 2.75) is 31.6 Å². The molecule has 1 aromatic heterocycles. The molecular weight excluding hydrogens is 260 g/mol. The Morgan fingerprint density at radius 3 is 3.13 bits per heavy atom. The zero-order valence-electron chi connectivity index (χ0n) is 8.53. The summed E-state index contributed by atoms with van der Waals surface area (Å²) in [6.45, 7) is 0. The number of rotatable bonds is 2. The zero-order chi connectivity index (χ0) is 11.0. The molecule has 1 unspecified atom stereocenters. The van der Waals surface area contributed by atoms with Gasteiger partial charge < -0.3 is 5.11 Å². The second-order valence-electron chi connectivity index (χ2n) is 3.96. The fourth-order valence-electron chi connectivity index (χ4n) is 2.31. The fraction of sp³-hybridized carbons (Fsp3) is 0.600. The molecule has 0 aromatic carbocycles. The maximum absolute atomic E-state index is 10.8. The number of hydrogen-bond acceptors (Lipinski definition) is 2. The van der Waals surface area contributed by atoms with Crippen LogP contribution < -0.4 is 0 Å². The molecule has 2 rings (SSSR count). The number of aliphatic carboxylic acids is 1. The highest BCUT2D eigenvalue weighted by atomic mass is 79.9. The van der Waals surface area contributed by atoms with Crippen LogP contribution in [-0.2, 0) is 18.3 Å². The first-order valence-electron chi connectivity index (χ1n) is 5.02. The average molecular weight is 273 g/mol. The topological polar surface area (TPSA) is 55.1 Å². The van der Waals surface area contributed by atoms with Crippen molar-refractivity contribution in [3.05, 3.63) is 15.9 Å². The summed E-state index contributed by atoms with van der Waals surface area (Å²) in [4.78, 5) is 10.8. The minimum Gasteiger partial charge on any atom is -0.481 e. The molecule has 1 aliphatic carbocycles. The van der Waals surface area contributed by atoms with Gasteiger partial charge in [0.15, 0.2) is 0 Å². The van der Waals surface area contributed by atoms with Crippen LogP contribution in [0.3, 0.4) is 0 Å². The number of carbonyl (C=O) groups is 1. The van der Waals surface area contributed by atoms with Gasteiger partial charge in [-0.2, -0.15) is 5.10 Å². The molecule has 15 heavy (non-hydrogen) atoms. The molecule has 1 aromatic rings. The number of nitrogens with zero attached hydrogens (tertiary/aromatic N) is 2. The van der Waals surface area contributed by atoms with E-state index in [1.807, 2.05) is 11.7 Å². The van der Waals surface area contributed by atoms with Gasteiger partial charge in [-0.25, -0.2) is 0 Å². The summed E-state index contributed by atoms with van der Waals surface area (Å²) in [5.41, 5.74) is 2.28. The number of carboxylic acids is 1. The van der Waals surface area contributed by atoms with E-state index in [0.29, 0.717) is 0 Å². The Bertz CT molecular complexity index is 400. The summed E-state index contributed by atoms with van der Waals surface area (Å²) < 4.78 is 2.67. The minimum atomic E-state index is -0.733. The molecule has 0 radical (unpaired) electrons. The third-order valence-corrected chi connectivity index (χ3v) is 3.54. The monoisotopic (exact) mass is 272 g/mol. The second kappa shape index (κ2) is 3.96. The van der Waals surface area contributed by atoms with Crippen LogP contribution in [0.4, 0.5) is 0 Å². The van der Waals surface area contributed by atoms with Crippen molar-refractivity contribution < 1.29 is 9.90 Å². The number of fused-ring (bicyclic) bond motifs is 1. The quantitative estimate of drug-likeness (QED) is 0.897. The lowest BCUT2D eigenvalue weighted by Crippen LogP contribution is -2.14. The van der Waals surface area contributed by atoms with Crippen LogP contribution in [0.25, 0.3) is 0 Å². The van der Waals surface area contributed by atoms with E-state index in [2.05, 4.69) is 21.0 Å². The van der Waals surface area contributed by atoms with Gasteiger partial charge in [-0.15, -0.1) is 0 Å². The lowest BCUT2D eigenvalue weighted by Gasteiger charge is -2.21. The van der Waals surface area contributed by atoms with Crippen molar-refractivity contribution in [2.24, 2.45) is 7.05 Å². The van der Waals surface area contributed by atoms with Gasteiger partial charge in [0.05, 0.1) is 6.42 Å². The van der Waals surface area contributed by atoms with Crippen molar-refractivity contribution in [1.29, 1.82) is 0 Å². The molecule has 1 aliphatic rings. The summed E-state index contributed by atoms with van der Waals surface area (Å²) in [5, 5.41) is 13.1. The molecule has 0 saturated heterocycles. The van der Waals surface area contributed by atoms with Crippen LogP contribution in [0.2, 0.25) is 0 Å². The Morgan fingerprint density at radius 1 is 1.73 bits per heavy atom. The molecule has 1 atom stereocenters. The lowest BCUT2D eigenvalue weighted by atomic mass is 9.85. The third kappa shape index (κ3) is 1.93. The largest absolute Gasteiger partial charge is 0.481 e. The van der Waals surface area contributed by atoms with Crippen molar-refractivity contribution in [2.75, 3.05) is 0 Å². The second-order valence-corrected chi connectivity index (χ2v) is 4.71. The Balaban J connectivity index is 2.37. The Morgan fingerprint density at radius 2 is 2.47 bits per heavy atom. The van der Waals surface area contributed by atoms with Gasteiger partial charge in [0.25, 0.3) is 0 Å². The molecule has 0 spiro atoms. The first-order valence-corrected chi connectivity index (χ1v) is 5.82. The van der Waals surface area contributed by atoms with Crippen LogP contribution in [0, 0.1) is 0 Å². The van der Waals surface area contributed by atoms with E-state index in [0.717, 1.165) is 29.4 Å². The van der Waals surface area contributed by atoms with Gasteiger partial charge in [0.2, 0.25) is 0 Å². The Labute approximate surface area is 96.4 Å². The molecule has 1 heterocycles. The predicted molar refractivity (Wildman–Crippen MR) is 58.8 cm³/mol. The lowest BCUT2D eigenvalue weighted by molar-refractivity contribution is -0.137. The summed E-state index contributed by atoms with van der Waals surface area (Å²) in [5.74, 6) is -0.613. The summed E-state index contributed by atoms with van der Waals surface area (Å²) in [7, 11) is 1.91. The molecule has 0 aliphatic heterocycles. The van der Waals surface area contributed by atoms with E-state index in [9.17, 15) is 4.79 Å². The standard InChI is InChI=1S/C10H13BrN2O2/c1-13-7-4-2-3-6(5-8(14)15)9(7)10(11)12-13/h6H,2-5H2,1H3,(H,14,15). The first-order chi connectivity index (χ1) is 7.09. The summed E-state index contributed by atoms with van der Waals surface area (Å²) in [6, 6.07) is 0.